The third kappa shape index (κ3) is 8.20. The van der Waals surface area contributed by atoms with Gasteiger partial charge < -0.3 is 9.31 Å². The maximum absolute atomic E-state index is 11.8. The van der Waals surface area contributed by atoms with Crippen molar-refractivity contribution in [1.29, 1.82) is 0 Å². The predicted octanol–water partition coefficient (Wildman–Crippen LogP) is 3.11. The molecule has 0 unspecified atom stereocenters. The van der Waals surface area contributed by atoms with Crippen LogP contribution in [0.1, 0.15) is 27.7 Å². The highest BCUT2D eigenvalue weighted by Crippen LogP contribution is 2.08. The highest BCUT2D eigenvalue weighted by molar-refractivity contribution is 6.45. The Morgan fingerprint density at radius 3 is 1.86 bits per heavy atom. The predicted molar refractivity (Wildman–Crippen MR) is 53.3 cm³/mol. The van der Waals surface area contributed by atoms with E-state index in [1.807, 2.05) is 27.7 Å². The normalized spacial score (nSPS) is 10.9. The van der Waals surface area contributed by atoms with Gasteiger partial charge in [-0.1, -0.05) is 0 Å². The van der Waals surface area contributed by atoms with Crippen LogP contribution in [-0.2, 0) is 9.31 Å². The van der Waals surface area contributed by atoms with Gasteiger partial charge in [0.25, 0.3) is 6.08 Å². The molecular formula is C9H17BF2O2. The van der Waals surface area contributed by atoms with Crippen LogP contribution < -0.4 is 0 Å². The summed E-state index contributed by atoms with van der Waals surface area (Å²) in [6.07, 6.45) is -0.868. The molecule has 0 aliphatic heterocycles. The summed E-state index contributed by atoms with van der Waals surface area (Å²) in [6, 6.07) is 0. The molecule has 0 aliphatic rings. The van der Waals surface area contributed by atoms with Gasteiger partial charge in [-0.2, -0.15) is 8.78 Å². The fourth-order valence-corrected chi connectivity index (χ4v) is 0.936. The van der Waals surface area contributed by atoms with E-state index in [2.05, 4.69) is 0 Å². The Hall–Kier alpha value is -0.415. The number of allylic oxidation sites excluding steroid dienone is 1. The van der Waals surface area contributed by atoms with Crippen LogP contribution in [0.2, 0.25) is 6.32 Å². The van der Waals surface area contributed by atoms with Crippen molar-refractivity contribution >= 4 is 7.12 Å². The second kappa shape index (κ2) is 6.95. The average molecular weight is 206 g/mol. The van der Waals surface area contributed by atoms with Crippen LogP contribution in [0.15, 0.2) is 12.2 Å². The van der Waals surface area contributed by atoms with Gasteiger partial charge in [0.1, 0.15) is 0 Å². The van der Waals surface area contributed by atoms with Crippen LogP contribution in [0.3, 0.4) is 0 Å². The van der Waals surface area contributed by atoms with Crippen molar-refractivity contribution < 1.29 is 18.1 Å². The zero-order valence-electron chi connectivity index (χ0n) is 9.09. The Kier molecular flexibility index (Phi) is 6.75. The minimum Gasteiger partial charge on any atom is -0.409 e. The molecule has 0 saturated carbocycles. The standard InChI is InChI=1S/C9H17BF2O2/c1-7(2)13-10(14-8(3)4)6-5-9(11)12/h5,7-8H,6H2,1-4H3. The van der Waals surface area contributed by atoms with Crippen LogP contribution in [-0.4, -0.2) is 19.3 Å². The SMILES string of the molecule is CC(C)OB(CC=C(F)F)OC(C)C. The van der Waals surface area contributed by atoms with Gasteiger partial charge >= 0.3 is 7.12 Å². The van der Waals surface area contributed by atoms with E-state index in [0.29, 0.717) is 0 Å². The van der Waals surface area contributed by atoms with E-state index < -0.39 is 13.2 Å². The summed E-state index contributed by atoms with van der Waals surface area (Å²) in [5.41, 5.74) is 0. The summed E-state index contributed by atoms with van der Waals surface area (Å²) in [7, 11) is -0.587. The fraction of sp³-hybridized carbons (Fsp3) is 0.778. The molecule has 0 atom stereocenters. The minimum atomic E-state index is -1.70. The molecule has 0 radical (unpaired) electrons. The summed E-state index contributed by atoms with van der Waals surface area (Å²) in [5, 5.41) is 0. The molecule has 5 heteroatoms. The molecule has 0 spiro atoms. The zero-order chi connectivity index (χ0) is 11.1. The molecule has 0 aromatic carbocycles. The molecule has 0 fully saturated rings. The van der Waals surface area contributed by atoms with Crippen LogP contribution in [0.5, 0.6) is 0 Å². The van der Waals surface area contributed by atoms with E-state index >= 15 is 0 Å². The summed E-state index contributed by atoms with van der Waals surface area (Å²) >= 11 is 0. The van der Waals surface area contributed by atoms with E-state index in [1.54, 1.807) is 0 Å². The first-order valence-corrected chi connectivity index (χ1v) is 4.74. The van der Waals surface area contributed by atoms with Gasteiger partial charge in [0, 0.05) is 18.5 Å². The lowest BCUT2D eigenvalue weighted by Gasteiger charge is -2.18. The molecule has 0 saturated heterocycles. The van der Waals surface area contributed by atoms with Crippen molar-refractivity contribution in [2.45, 2.75) is 46.2 Å². The Labute approximate surface area is 84.4 Å². The molecule has 0 N–H and O–H groups in total. The van der Waals surface area contributed by atoms with Gasteiger partial charge in [0.2, 0.25) is 0 Å². The lowest BCUT2D eigenvalue weighted by molar-refractivity contribution is 0.131. The maximum atomic E-state index is 11.8. The largest absolute Gasteiger partial charge is 0.461 e. The molecule has 82 valence electrons. The van der Waals surface area contributed by atoms with Crippen LogP contribution >= 0.6 is 0 Å². The first-order valence-electron chi connectivity index (χ1n) is 4.74. The highest BCUT2D eigenvalue weighted by atomic mass is 19.3. The maximum Gasteiger partial charge on any atom is 0.461 e. The van der Waals surface area contributed by atoms with Crippen LogP contribution in [0.4, 0.5) is 8.78 Å². The summed E-state index contributed by atoms with van der Waals surface area (Å²) in [6.45, 7) is 7.36. The second-order valence-electron chi connectivity index (χ2n) is 3.53. The first-order chi connectivity index (χ1) is 6.41. The lowest BCUT2D eigenvalue weighted by Crippen LogP contribution is -2.28. The van der Waals surface area contributed by atoms with E-state index in [-0.39, 0.29) is 18.5 Å². The summed E-state index contributed by atoms with van der Waals surface area (Å²) in [5.74, 6) is 0. The van der Waals surface area contributed by atoms with Gasteiger partial charge in [-0.05, 0) is 33.8 Å². The van der Waals surface area contributed by atoms with Crippen molar-refractivity contribution in [2.75, 3.05) is 0 Å². The molecule has 0 aromatic rings. The number of hydrogen-bond donors (Lipinski definition) is 0. The first kappa shape index (κ1) is 13.6. The third-order valence-corrected chi connectivity index (χ3v) is 1.31. The van der Waals surface area contributed by atoms with Crippen LogP contribution in [0.25, 0.3) is 0 Å². The van der Waals surface area contributed by atoms with Crippen molar-refractivity contribution in [3.63, 3.8) is 0 Å². The zero-order valence-corrected chi connectivity index (χ0v) is 9.09. The van der Waals surface area contributed by atoms with Gasteiger partial charge in [0.05, 0.1) is 0 Å². The van der Waals surface area contributed by atoms with Crippen molar-refractivity contribution in [3.8, 4) is 0 Å². The fourth-order valence-electron chi connectivity index (χ4n) is 0.936. The Morgan fingerprint density at radius 2 is 1.57 bits per heavy atom. The number of halogens is 2. The van der Waals surface area contributed by atoms with E-state index in [4.69, 9.17) is 9.31 Å². The number of hydrogen-bond acceptors (Lipinski definition) is 2. The van der Waals surface area contributed by atoms with Crippen molar-refractivity contribution in [1.82, 2.24) is 0 Å². The summed E-state index contributed by atoms with van der Waals surface area (Å²) < 4.78 is 34.3. The Balaban J connectivity index is 4.03. The molecule has 0 aliphatic carbocycles. The summed E-state index contributed by atoms with van der Waals surface area (Å²) in [4.78, 5) is 0. The molecule has 2 nitrogen and oxygen atoms in total. The molecule has 0 bridgehead atoms. The van der Waals surface area contributed by atoms with Gasteiger partial charge in [-0.3, -0.25) is 0 Å². The smallest absolute Gasteiger partial charge is 0.409 e. The second-order valence-corrected chi connectivity index (χ2v) is 3.53. The quantitative estimate of drug-likeness (QED) is 0.621. The third-order valence-electron chi connectivity index (χ3n) is 1.31. The molecule has 0 aromatic heterocycles. The van der Waals surface area contributed by atoms with E-state index in [0.717, 1.165) is 6.08 Å². The van der Waals surface area contributed by atoms with Gasteiger partial charge in [-0.25, -0.2) is 0 Å². The lowest BCUT2D eigenvalue weighted by atomic mass is 9.84. The highest BCUT2D eigenvalue weighted by Gasteiger charge is 2.20. The molecule has 0 amide bonds. The van der Waals surface area contributed by atoms with Gasteiger partial charge in [-0.15, -0.1) is 0 Å². The average Bonchev–Trinajstić information content (AvgIpc) is 1.97. The van der Waals surface area contributed by atoms with Crippen molar-refractivity contribution in [3.05, 3.63) is 12.2 Å². The molecule has 0 rings (SSSR count). The van der Waals surface area contributed by atoms with E-state index in [9.17, 15) is 8.78 Å². The molecular weight excluding hydrogens is 189 g/mol. The van der Waals surface area contributed by atoms with Crippen molar-refractivity contribution in [2.24, 2.45) is 0 Å². The topological polar surface area (TPSA) is 18.5 Å². The minimum absolute atomic E-state index is 0.0326. The van der Waals surface area contributed by atoms with E-state index in [1.165, 1.54) is 0 Å². The monoisotopic (exact) mass is 206 g/mol. The Bertz CT molecular complexity index is 170. The Morgan fingerprint density at radius 1 is 1.14 bits per heavy atom. The van der Waals surface area contributed by atoms with Crippen LogP contribution in [0, 0.1) is 0 Å². The molecule has 14 heavy (non-hydrogen) atoms. The number of rotatable bonds is 6. The molecule has 0 heterocycles. The van der Waals surface area contributed by atoms with Gasteiger partial charge in [0.15, 0.2) is 0 Å².